The molecule has 0 aromatic heterocycles. The molecule has 0 unspecified atom stereocenters. The van der Waals surface area contributed by atoms with Gasteiger partial charge in [0, 0.05) is 30.9 Å². The summed E-state index contributed by atoms with van der Waals surface area (Å²) in [5.74, 6) is -3.64. The third-order valence-electron chi connectivity index (χ3n) is 4.54. The number of benzene rings is 2. The van der Waals surface area contributed by atoms with Crippen LogP contribution in [0.15, 0.2) is 36.4 Å². The van der Waals surface area contributed by atoms with E-state index in [9.17, 15) is 23.2 Å². The lowest BCUT2D eigenvalue weighted by Crippen LogP contribution is -2.56. The minimum Gasteiger partial charge on any atom is -0.497 e. The van der Waals surface area contributed by atoms with E-state index in [0.717, 1.165) is 21.9 Å². The van der Waals surface area contributed by atoms with E-state index < -0.39 is 29.4 Å². The van der Waals surface area contributed by atoms with Crippen LogP contribution in [0.3, 0.4) is 0 Å². The molecule has 2 aromatic rings. The molecule has 158 valence electrons. The maximum absolute atomic E-state index is 13.4. The van der Waals surface area contributed by atoms with Gasteiger partial charge in [0.15, 0.2) is 11.6 Å². The quantitative estimate of drug-likeness (QED) is 0.722. The van der Waals surface area contributed by atoms with Gasteiger partial charge in [-0.2, -0.15) is 0 Å². The van der Waals surface area contributed by atoms with E-state index in [0.29, 0.717) is 17.2 Å². The number of anilines is 2. The zero-order valence-corrected chi connectivity index (χ0v) is 16.3. The first-order chi connectivity index (χ1) is 14.3. The number of rotatable bonds is 6. The van der Waals surface area contributed by atoms with Crippen molar-refractivity contribution in [1.29, 1.82) is 0 Å². The smallest absolute Gasteiger partial charge is 0.316 e. The van der Waals surface area contributed by atoms with Gasteiger partial charge in [0.05, 0.1) is 19.9 Å². The van der Waals surface area contributed by atoms with Crippen molar-refractivity contribution in [2.45, 2.75) is 0 Å². The second kappa shape index (κ2) is 8.76. The van der Waals surface area contributed by atoms with E-state index in [4.69, 9.17) is 9.47 Å². The summed E-state index contributed by atoms with van der Waals surface area (Å²) >= 11 is 0. The zero-order chi connectivity index (χ0) is 21.8. The summed E-state index contributed by atoms with van der Waals surface area (Å²) in [5.41, 5.74) is 0.446. The predicted octanol–water partition coefficient (Wildman–Crippen LogP) is 1.80. The largest absolute Gasteiger partial charge is 0.497 e. The van der Waals surface area contributed by atoms with Gasteiger partial charge in [0.2, 0.25) is 5.91 Å². The molecule has 0 atom stereocenters. The highest BCUT2D eigenvalue weighted by atomic mass is 19.2. The number of nitrogens with zero attached hydrogens (tertiary/aromatic N) is 2. The summed E-state index contributed by atoms with van der Waals surface area (Å²) in [6.07, 6.45) is 0. The first-order valence-corrected chi connectivity index (χ1v) is 8.91. The number of nitrogens with one attached hydrogen (secondary N) is 1. The Kier molecular flexibility index (Phi) is 6.14. The van der Waals surface area contributed by atoms with Crippen molar-refractivity contribution in [3.05, 3.63) is 48.0 Å². The van der Waals surface area contributed by atoms with Crippen LogP contribution in [0.2, 0.25) is 0 Å². The van der Waals surface area contributed by atoms with Gasteiger partial charge < -0.3 is 24.6 Å². The maximum atomic E-state index is 13.4. The monoisotopic (exact) mass is 419 g/mol. The summed E-state index contributed by atoms with van der Waals surface area (Å²) in [4.78, 5) is 39.3. The molecule has 1 aliphatic rings. The SMILES string of the molecule is COc1ccc(NC(=O)CN2CCN(c3ccc(F)c(F)c3)C(=O)C2=O)c(OC)c1. The van der Waals surface area contributed by atoms with E-state index in [-0.39, 0.29) is 25.3 Å². The number of carbonyl (C=O) groups is 3. The normalized spacial score (nSPS) is 14.0. The standard InChI is InChI=1S/C20H19F2N3O5/c1-29-13-4-6-16(17(10-13)30-2)23-18(26)11-24-7-8-25(20(28)19(24)27)12-3-5-14(21)15(22)9-12/h3-6,9-10H,7-8,11H2,1-2H3,(H,23,26). The fourth-order valence-corrected chi connectivity index (χ4v) is 2.99. The molecular weight excluding hydrogens is 400 g/mol. The lowest BCUT2D eigenvalue weighted by Gasteiger charge is -2.33. The zero-order valence-electron chi connectivity index (χ0n) is 16.3. The Bertz CT molecular complexity index is 998. The molecule has 10 heteroatoms. The van der Waals surface area contributed by atoms with Crippen molar-refractivity contribution in [2.24, 2.45) is 0 Å². The van der Waals surface area contributed by atoms with E-state index >= 15 is 0 Å². The molecule has 1 saturated heterocycles. The summed E-state index contributed by atoms with van der Waals surface area (Å²) in [7, 11) is 2.93. The molecular formula is C20H19F2N3O5. The van der Waals surface area contributed by atoms with Gasteiger partial charge >= 0.3 is 11.8 Å². The van der Waals surface area contributed by atoms with Crippen LogP contribution < -0.4 is 19.7 Å². The number of amides is 3. The van der Waals surface area contributed by atoms with Crippen molar-refractivity contribution in [3.63, 3.8) is 0 Å². The van der Waals surface area contributed by atoms with Gasteiger partial charge in [-0.3, -0.25) is 14.4 Å². The van der Waals surface area contributed by atoms with Crippen molar-refractivity contribution in [3.8, 4) is 11.5 Å². The van der Waals surface area contributed by atoms with Crippen LogP contribution in [-0.2, 0) is 14.4 Å². The molecule has 0 spiro atoms. The summed E-state index contributed by atoms with van der Waals surface area (Å²) < 4.78 is 36.8. The lowest BCUT2D eigenvalue weighted by molar-refractivity contribution is -0.147. The lowest BCUT2D eigenvalue weighted by atomic mass is 10.2. The van der Waals surface area contributed by atoms with Crippen LogP contribution in [-0.4, -0.2) is 56.5 Å². The molecule has 30 heavy (non-hydrogen) atoms. The van der Waals surface area contributed by atoms with Crippen LogP contribution in [0, 0.1) is 11.6 Å². The van der Waals surface area contributed by atoms with E-state index in [1.165, 1.54) is 20.3 Å². The highest BCUT2D eigenvalue weighted by Crippen LogP contribution is 2.29. The minimum absolute atomic E-state index is 0.0365. The number of methoxy groups -OCH3 is 2. The third kappa shape index (κ3) is 4.32. The Morgan fingerprint density at radius 3 is 2.43 bits per heavy atom. The van der Waals surface area contributed by atoms with E-state index in [1.807, 2.05) is 0 Å². The average molecular weight is 419 g/mol. The molecule has 0 radical (unpaired) electrons. The van der Waals surface area contributed by atoms with Crippen LogP contribution in [0.5, 0.6) is 11.5 Å². The Morgan fingerprint density at radius 1 is 1.00 bits per heavy atom. The molecule has 0 aliphatic carbocycles. The average Bonchev–Trinajstić information content (AvgIpc) is 2.74. The second-order valence-electron chi connectivity index (χ2n) is 6.40. The maximum Gasteiger partial charge on any atom is 0.316 e. The number of hydrogen-bond donors (Lipinski definition) is 1. The van der Waals surface area contributed by atoms with Crippen molar-refractivity contribution < 1.29 is 32.6 Å². The molecule has 3 rings (SSSR count). The summed E-state index contributed by atoms with van der Waals surface area (Å²) in [5, 5.41) is 2.62. The van der Waals surface area contributed by atoms with Crippen molar-refractivity contribution in [1.82, 2.24) is 4.90 Å². The molecule has 2 aromatic carbocycles. The molecule has 1 fully saturated rings. The first kappa shape index (κ1) is 21.0. The van der Waals surface area contributed by atoms with Gasteiger partial charge in [-0.15, -0.1) is 0 Å². The molecule has 3 amide bonds. The Balaban J connectivity index is 1.66. The Morgan fingerprint density at radius 2 is 1.77 bits per heavy atom. The van der Waals surface area contributed by atoms with Crippen LogP contribution in [0.1, 0.15) is 0 Å². The van der Waals surface area contributed by atoms with E-state index in [1.54, 1.807) is 18.2 Å². The second-order valence-corrected chi connectivity index (χ2v) is 6.40. The molecule has 8 nitrogen and oxygen atoms in total. The molecule has 1 N–H and O–H groups in total. The predicted molar refractivity (Wildman–Crippen MR) is 103 cm³/mol. The van der Waals surface area contributed by atoms with Crippen LogP contribution in [0.4, 0.5) is 20.2 Å². The topological polar surface area (TPSA) is 88.2 Å². The number of halogens is 2. The van der Waals surface area contributed by atoms with Gasteiger partial charge in [-0.05, 0) is 24.3 Å². The number of hydrogen-bond acceptors (Lipinski definition) is 5. The van der Waals surface area contributed by atoms with Crippen molar-refractivity contribution in [2.75, 3.05) is 44.1 Å². The highest BCUT2D eigenvalue weighted by Gasteiger charge is 2.34. The molecule has 1 aliphatic heterocycles. The highest BCUT2D eigenvalue weighted by molar-refractivity contribution is 6.41. The van der Waals surface area contributed by atoms with Gasteiger partial charge in [-0.25, -0.2) is 8.78 Å². The minimum atomic E-state index is -1.12. The van der Waals surface area contributed by atoms with Gasteiger partial charge in [-0.1, -0.05) is 0 Å². The van der Waals surface area contributed by atoms with Crippen LogP contribution >= 0.6 is 0 Å². The molecule has 0 bridgehead atoms. The van der Waals surface area contributed by atoms with Gasteiger partial charge in [0.1, 0.15) is 18.0 Å². The van der Waals surface area contributed by atoms with Gasteiger partial charge in [0.25, 0.3) is 0 Å². The van der Waals surface area contributed by atoms with Crippen LogP contribution in [0.25, 0.3) is 0 Å². The number of piperazine rings is 1. The fraction of sp³-hybridized carbons (Fsp3) is 0.250. The summed E-state index contributed by atoms with van der Waals surface area (Å²) in [6, 6.07) is 7.74. The third-order valence-corrected chi connectivity index (χ3v) is 4.54. The number of carbonyl (C=O) groups excluding carboxylic acids is 3. The molecule has 1 heterocycles. The summed E-state index contributed by atoms with van der Waals surface area (Å²) in [6.45, 7) is -0.267. The van der Waals surface area contributed by atoms with Crippen molar-refractivity contribution >= 4 is 29.1 Å². The Labute approximate surface area is 171 Å². The number of ether oxygens (including phenoxy) is 2. The fourth-order valence-electron chi connectivity index (χ4n) is 2.99. The Hall–Kier alpha value is -3.69. The van der Waals surface area contributed by atoms with E-state index in [2.05, 4.69) is 5.32 Å². The molecule has 0 saturated carbocycles. The first-order valence-electron chi connectivity index (χ1n) is 8.91.